The number of carbonyl (C=O) groups excluding carboxylic acids is 3. The molecule has 0 aliphatic carbocycles. The molecule has 36 heavy (non-hydrogen) atoms. The van der Waals surface area contributed by atoms with Crippen LogP contribution in [0.5, 0.6) is 5.75 Å². The molecule has 0 aromatic heterocycles. The molecule has 3 aromatic rings. The largest absolute Gasteiger partial charge is 0.494 e. The van der Waals surface area contributed by atoms with Crippen LogP contribution in [0.25, 0.3) is 0 Å². The van der Waals surface area contributed by atoms with Gasteiger partial charge in [-0.1, -0.05) is 36.4 Å². The van der Waals surface area contributed by atoms with Crippen LogP contribution in [-0.4, -0.2) is 65.2 Å². The summed E-state index contributed by atoms with van der Waals surface area (Å²) in [4.78, 5) is 43.8. The summed E-state index contributed by atoms with van der Waals surface area (Å²) < 4.78 is 5.51. The molecule has 0 N–H and O–H groups in total. The third kappa shape index (κ3) is 4.88. The Bertz CT molecular complexity index is 1230. The number of rotatable bonds is 7. The highest BCUT2D eigenvalue weighted by Crippen LogP contribution is 2.24. The van der Waals surface area contributed by atoms with Gasteiger partial charge in [0.05, 0.1) is 24.3 Å². The lowest BCUT2D eigenvalue weighted by Crippen LogP contribution is -2.48. The normalized spacial score (nSPS) is 15.8. The van der Waals surface area contributed by atoms with Crippen molar-refractivity contribution in [3.8, 4) is 5.75 Å². The zero-order valence-electron chi connectivity index (χ0n) is 20.4. The van der Waals surface area contributed by atoms with E-state index in [4.69, 9.17) is 4.74 Å². The van der Waals surface area contributed by atoms with Crippen LogP contribution in [-0.2, 0) is 13.1 Å². The lowest BCUT2D eigenvalue weighted by atomic mass is 10.1. The topological polar surface area (TPSA) is 70.2 Å². The van der Waals surface area contributed by atoms with E-state index in [0.717, 1.165) is 30.9 Å². The molecular formula is C29H29N3O4. The minimum Gasteiger partial charge on any atom is -0.494 e. The molecular weight excluding hydrogens is 454 g/mol. The van der Waals surface area contributed by atoms with Gasteiger partial charge in [0.2, 0.25) is 0 Å². The summed E-state index contributed by atoms with van der Waals surface area (Å²) in [6.07, 6.45) is 0. The number of fused-ring (bicyclic) bond motifs is 1. The molecule has 2 heterocycles. The van der Waals surface area contributed by atoms with Crippen LogP contribution in [0.2, 0.25) is 0 Å². The molecule has 1 saturated heterocycles. The standard InChI is InChI=1S/C29H29N3O4/c1-2-36-24-13-9-21(10-14-24)19-30-15-17-31(18-16-30)27(33)23-11-7-22(8-12-23)20-32-28(34)25-5-3-4-6-26(25)29(32)35/h3-14H,2,15-20H2,1H3. The van der Waals surface area contributed by atoms with Gasteiger partial charge in [-0.15, -0.1) is 0 Å². The Hall–Kier alpha value is -3.97. The summed E-state index contributed by atoms with van der Waals surface area (Å²) in [5, 5.41) is 0. The number of benzene rings is 3. The van der Waals surface area contributed by atoms with Crippen LogP contribution < -0.4 is 4.74 Å². The zero-order chi connectivity index (χ0) is 25.1. The molecule has 5 rings (SSSR count). The van der Waals surface area contributed by atoms with E-state index in [0.29, 0.717) is 36.4 Å². The van der Waals surface area contributed by atoms with E-state index in [1.165, 1.54) is 10.5 Å². The fourth-order valence-corrected chi connectivity index (χ4v) is 4.73. The Morgan fingerprint density at radius 2 is 1.31 bits per heavy atom. The van der Waals surface area contributed by atoms with Crippen LogP contribution in [0, 0.1) is 0 Å². The Morgan fingerprint density at radius 3 is 1.89 bits per heavy atom. The van der Waals surface area contributed by atoms with Crippen LogP contribution in [0.3, 0.4) is 0 Å². The Morgan fingerprint density at radius 1 is 0.750 bits per heavy atom. The number of imide groups is 1. The Balaban J connectivity index is 1.14. The first kappa shape index (κ1) is 23.8. The maximum Gasteiger partial charge on any atom is 0.261 e. The molecule has 0 atom stereocenters. The third-order valence-corrected chi connectivity index (χ3v) is 6.72. The maximum absolute atomic E-state index is 13.0. The van der Waals surface area contributed by atoms with Crippen molar-refractivity contribution in [2.75, 3.05) is 32.8 Å². The molecule has 0 unspecified atom stereocenters. The summed E-state index contributed by atoms with van der Waals surface area (Å²) in [6, 6.07) is 22.2. The van der Waals surface area contributed by atoms with Gasteiger partial charge in [-0.05, 0) is 54.4 Å². The van der Waals surface area contributed by atoms with Crippen molar-refractivity contribution >= 4 is 17.7 Å². The zero-order valence-corrected chi connectivity index (χ0v) is 20.4. The van der Waals surface area contributed by atoms with E-state index < -0.39 is 0 Å². The smallest absolute Gasteiger partial charge is 0.261 e. The number of ether oxygens (including phenoxy) is 1. The van der Waals surface area contributed by atoms with E-state index in [1.807, 2.05) is 36.1 Å². The van der Waals surface area contributed by atoms with Crippen molar-refractivity contribution in [1.82, 2.24) is 14.7 Å². The molecule has 2 aliphatic rings. The monoisotopic (exact) mass is 483 g/mol. The van der Waals surface area contributed by atoms with Gasteiger partial charge in [0.25, 0.3) is 17.7 Å². The maximum atomic E-state index is 13.0. The number of hydrogen-bond donors (Lipinski definition) is 0. The van der Waals surface area contributed by atoms with Gasteiger partial charge in [0, 0.05) is 38.3 Å². The molecule has 184 valence electrons. The molecule has 3 amide bonds. The average Bonchev–Trinajstić information content (AvgIpc) is 3.15. The predicted octanol–water partition coefficient (Wildman–Crippen LogP) is 3.84. The van der Waals surface area contributed by atoms with E-state index in [-0.39, 0.29) is 24.3 Å². The van der Waals surface area contributed by atoms with Gasteiger partial charge < -0.3 is 9.64 Å². The van der Waals surface area contributed by atoms with Crippen molar-refractivity contribution < 1.29 is 19.1 Å². The van der Waals surface area contributed by atoms with Crippen molar-refractivity contribution in [1.29, 1.82) is 0 Å². The first-order valence-corrected chi connectivity index (χ1v) is 12.3. The van der Waals surface area contributed by atoms with Crippen molar-refractivity contribution in [2.24, 2.45) is 0 Å². The molecule has 1 fully saturated rings. The molecule has 3 aromatic carbocycles. The Labute approximate surface area is 210 Å². The van der Waals surface area contributed by atoms with Crippen LogP contribution >= 0.6 is 0 Å². The van der Waals surface area contributed by atoms with Crippen molar-refractivity contribution in [3.05, 3.63) is 101 Å². The summed E-state index contributed by atoms with van der Waals surface area (Å²) in [5.41, 5.74) is 3.53. The van der Waals surface area contributed by atoms with Crippen molar-refractivity contribution in [3.63, 3.8) is 0 Å². The second-order valence-corrected chi connectivity index (χ2v) is 9.08. The van der Waals surface area contributed by atoms with Crippen molar-refractivity contribution in [2.45, 2.75) is 20.0 Å². The van der Waals surface area contributed by atoms with Gasteiger partial charge in [-0.25, -0.2) is 0 Å². The highest BCUT2D eigenvalue weighted by molar-refractivity contribution is 6.21. The summed E-state index contributed by atoms with van der Waals surface area (Å²) >= 11 is 0. The summed E-state index contributed by atoms with van der Waals surface area (Å²) in [7, 11) is 0. The minimum absolute atomic E-state index is 0.00278. The van der Waals surface area contributed by atoms with E-state index in [1.54, 1.807) is 36.4 Å². The fourth-order valence-electron chi connectivity index (χ4n) is 4.73. The molecule has 0 radical (unpaired) electrons. The molecule has 2 aliphatic heterocycles. The van der Waals surface area contributed by atoms with E-state index in [2.05, 4.69) is 17.0 Å². The van der Waals surface area contributed by atoms with Crippen LogP contribution in [0.4, 0.5) is 0 Å². The number of piperazine rings is 1. The first-order valence-electron chi connectivity index (χ1n) is 12.3. The number of carbonyl (C=O) groups is 3. The van der Waals surface area contributed by atoms with Crippen LogP contribution in [0.15, 0.2) is 72.8 Å². The van der Waals surface area contributed by atoms with Gasteiger partial charge in [0.15, 0.2) is 0 Å². The highest BCUT2D eigenvalue weighted by Gasteiger charge is 2.35. The third-order valence-electron chi connectivity index (χ3n) is 6.72. The molecule has 7 heteroatoms. The molecule has 0 bridgehead atoms. The number of hydrogen-bond acceptors (Lipinski definition) is 5. The quantitative estimate of drug-likeness (QED) is 0.478. The van der Waals surface area contributed by atoms with Gasteiger partial charge in [-0.3, -0.25) is 24.2 Å². The lowest BCUT2D eigenvalue weighted by Gasteiger charge is -2.34. The second kappa shape index (κ2) is 10.3. The summed E-state index contributed by atoms with van der Waals surface area (Å²) in [6.45, 7) is 6.64. The predicted molar refractivity (Wildman–Crippen MR) is 136 cm³/mol. The van der Waals surface area contributed by atoms with Gasteiger partial charge in [0.1, 0.15) is 5.75 Å². The van der Waals surface area contributed by atoms with E-state index >= 15 is 0 Å². The van der Waals surface area contributed by atoms with Gasteiger partial charge in [-0.2, -0.15) is 0 Å². The fraction of sp³-hybridized carbons (Fsp3) is 0.276. The highest BCUT2D eigenvalue weighted by atomic mass is 16.5. The van der Waals surface area contributed by atoms with Crippen LogP contribution in [0.1, 0.15) is 49.1 Å². The van der Waals surface area contributed by atoms with Gasteiger partial charge >= 0.3 is 0 Å². The average molecular weight is 484 g/mol. The second-order valence-electron chi connectivity index (χ2n) is 9.08. The molecule has 7 nitrogen and oxygen atoms in total. The SMILES string of the molecule is CCOc1ccc(CN2CCN(C(=O)c3ccc(CN4C(=O)c5ccccc5C4=O)cc3)CC2)cc1. The number of nitrogens with zero attached hydrogens (tertiary/aromatic N) is 3. The molecule has 0 saturated carbocycles. The minimum atomic E-state index is -0.279. The number of amides is 3. The Kier molecular flexibility index (Phi) is 6.82. The molecule has 0 spiro atoms. The lowest BCUT2D eigenvalue weighted by molar-refractivity contribution is 0.0621. The summed E-state index contributed by atoms with van der Waals surface area (Å²) in [5.74, 6) is 0.326. The van der Waals surface area contributed by atoms with E-state index in [9.17, 15) is 14.4 Å². The first-order chi connectivity index (χ1) is 17.5.